The van der Waals surface area contributed by atoms with E-state index in [2.05, 4.69) is 37.3 Å². The molecule has 1 fully saturated rings. The molecule has 1 amide bonds. The molecule has 3 N–H and O–H groups in total. The lowest BCUT2D eigenvalue weighted by atomic mass is 9.95. The minimum absolute atomic E-state index is 0.425. The van der Waals surface area contributed by atoms with E-state index >= 15 is 0 Å². The molecule has 5 rings (SSSR count). The molecule has 0 spiro atoms. The Hall–Kier alpha value is -3.53. The topological polar surface area (TPSA) is 124 Å². The van der Waals surface area contributed by atoms with Crippen molar-refractivity contribution in [3.05, 3.63) is 35.7 Å². The number of fused-ring (bicyclic) bond motifs is 1. The number of hydrogen-bond acceptors (Lipinski definition) is 6. The second-order valence-corrected chi connectivity index (χ2v) is 9.26. The van der Waals surface area contributed by atoms with Crippen LogP contribution in [0.4, 0.5) is 0 Å². The molecule has 10 heteroatoms. The van der Waals surface area contributed by atoms with Gasteiger partial charge in [-0.1, -0.05) is 0 Å². The van der Waals surface area contributed by atoms with Gasteiger partial charge in [-0.25, -0.2) is 0 Å². The van der Waals surface area contributed by atoms with Crippen LogP contribution in [-0.2, 0) is 13.1 Å². The minimum atomic E-state index is -0.482. The third-order valence-electron chi connectivity index (χ3n) is 6.70. The zero-order valence-corrected chi connectivity index (χ0v) is 20.0. The number of hydrogen-bond donors (Lipinski definition) is 2. The lowest BCUT2D eigenvalue weighted by Gasteiger charge is -2.29. The van der Waals surface area contributed by atoms with Crippen LogP contribution in [0.5, 0.6) is 0 Å². The molecule has 0 aliphatic carbocycles. The molecule has 4 heterocycles. The highest BCUT2D eigenvalue weighted by atomic mass is 16.1. The summed E-state index contributed by atoms with van der Waals surface area (Å²) in [6.07, 6.45) is 5.37. The summed E-state index contributed by atoms with van der Waals surface area (Å²) in [4.78, 5) is 17.9. The lowest BCUT2D eigenvalue weighted by Crippen LogP contribution is -2.32. The monoisotopic (exact) mass is 461 g/mol. The average Bonchev–Trinajstić information content (AvgIpc) is 3.55. The smallest absolute Gasteiger partial charge is 0.248 e. The predicted octanol–water partition coefficient (Wildman–Crippen LogP) is 2.84. The number of piperidine rings is 1. The van der Waals surface area contributed by atoms with Crippen LogP contribution in [0, 0.1) is 12.8 Å². The molecule has 1 aliphatic rings. The summed E-state index contributed by atoms with van der Waals surface area (Å²) in [5, 5.41) is 18.8. The van der Waals surface area contributed by atoms with Crippen molar-refractivity contribution in [2.24, 2.45) is 11.7 Å². The highest BCUT2D eigenvalue weighted by Gasteiger charge is 2.20. The first-order valence-corrected chi connectivity index (χ1v) is 11.9. The molecule has 178 valence electrons. The number of carbonyl (C=O) groups is 1. The van der Waals surface area contributed by atoms with Gasteiger partial charge in [-0.15, -0.1) is 10.2 Å². The number of carbonyl (C=O) groups excluding carboxylic acids is 1. The van der Waals surface area contributed by atoms with Gasteiger partial charge in [0.2, 0.25) is 5.91 Å². The molecule has 1 saturated heterocycles. The maximum absolute atomic E-state index is 12.1. The third kappa shape index (κ3) is 4.21. The molecule has 3 aromatic heterocycles. The summed E-state index contributed by atoms with van der Waals surface area (Å²) < 4.78 is 3.86. The van der Waals surface area contributed by atoms with Crippen LogP contribution in [0.3, 0.4) is 0 Å². The SMILES string of the molecule is CCn1nc(C)cc1-c1nnc(-c2cc(C(N)=O)cc3c2cnn3CC[C@@H]2CCCN(C)C2)[nH]1. The van der Waals surface area contributed by atoms with Gasteiger partial charge in [-0.05, 0) is 70.8 Å². The molecule has 0 bridgehead atoms. The van der Waals surface area contributed by atoms with Crippen molar-refractivity contribution in [3.8, 4) is 22.9 Å². The van der Waals surface area contributed by atoms with E-state index in [1.54, 1.807) is 6.07 Å². The quantitative estimate of drug-likeness (QED) is 0.436. The Morgan fingerprint density at radius 1 is 1.21 bits per heavy atom. The average molecular weight is 462 g/mol. The standard InChI is InChI=1S/C24H31N9O/c1-4-32-21(10-15(2)30-32)24-27-23(28-29-24)18-11-17(22(25)34)12-20-19(18)13-26-33(20)9-7-16-6-5-8-31(3)14-16/h10-13,16H,4-9,14H2,1-3H3,(H2,25,34)(H,27,28,29)/t16-/m0/s1. The fraction of sp³-hybridized carbons (Fsp3) is 0.458. The van der Waals surface area contributed by atoms with E-state index < -0.39 is 5.91 Å². The largest absolute Gasteiger partial charge is 0.366 e. The maximum atomic E-state index is 12.1. The van der Waals surface area contributed by atoms with Crippen LogP contribution in [0.2, 0.25) is 0 Å². The minimum Gasteiger partial charge on any atom is -0.366 e. The Labute approximate surface area is 198 Å². The Morgan fingerprint density at radius 2 is 2.03 bits per heavy atom. The van der Waals surface area contributed by atoms with Crippen LogP contribution >= 0.6 is 0 Å². The van der Waals surface area contributed by atoms with E-state index in [9.17, 15) is 4.79 Å². The summed E-state index contributed by atoms with van der Waals surface area (Å²) >= 11 is 0. The zero-order chi connectivity index (χ0) is 23.8. The first kappa shape index (κ1) is 22.3. The number of aryl methyl sites for hydroxylation is 3. The van der Waals surface area contributed by atoms with Crippen molar-refractivity contribution >= 4 is 16.8 Å². The fourth-order valence-electron chi connectivity index (χ4n) is 4.98. The number of aromatic amines is 1. The van der Waals surface area contributed by atoms with Crippen molar-refractivity contribution < 1.29 is 4.79 Å². The van der Waals surface area contributed by atoms with Crippen molar-refractivity contribution in [1.29, 1.82) is 0 Å². The summed E-state index contributed by atoms with van der Waals surface area (Å²) in [6, 6.07) is 5.57. The summed E-state index contributed by atoms with van der Waals surface area (Å²) in [6.45, 7) is 7.79. The first-order valence-electron chi connectivity index (χ1n) is 11.9. The molecule has 34 heavy (non-hydrogen) atoms. The third-order valence-corrected chi connectivity index (χ3v) is 6.70. The molecule has 0 saturated carbocycles. The van der Waals surface area contributed by atoms with Gasteiger partial charge in [0.05, 0.1) is 17.4 Å². The number of benzene rings is 1. The molecule has 4 aromatic rings. The van der Waals surface area contributed by atoms with Crippen LogP contribution in [0.1, 0.15) is 42.2 Å². The van der Waals surface area contributed by atoms with Crippen molar-refractivity contribution in [2.75, 3.05) is 20.1 Å². The number of nitrogens with zero attached hydrogens (tertiary/aromatic N) is 7. The number of aromatic nitrogens is 7. The highest BCUT2D eigenvalue weighted by Crippen LogP contribution is 2.30. The van der Waals surface area contributed by atoms with Gasteiger partial charge >= 0.3 is 0 Å². The van der Waals surface area contributed by atoms with Gasteiger partial charge in [0.15, 0.2) is 11.6 Å². The maximum Gasteiger partial charge on any atom is 0.248 e. The van der Waals surface area contributed by atoms with Gasteiger partial charge in [0, 0.05) is 36.1 Å². The molecule has 1 atom stereocenters. The van der Waals surface area contributed by atoms with Crippen LogP contribution < -0.4 is 5.73 Å². The fourth-order valence-corrected chi connectivity index (χ4v) is 4.98. The van der Waals surface area contributed by atoms with E-state index in [-0.39, 0.29) is 0 Å². The van der Waals surface area contributed by atoms with Crippen molar-refractivity contribution in [3.63, 3.8) is 0 Å². The number of nitrogens with two attached hydrogens (primary N) is 1. The molecule has 0 unspecified atom stereocenters. The molecule has 1 aromatic carbocycles. The van der Waals surface area contributed by atoms with E-state index in [0.717, 1.165) is 53.9 Å². The Balaban J connectivity index is 1.50. The van der Waals surface area contributed by atoms with E-state index in [0.29, 0.717) is 23.1 Å². The van der Waals surface area contributed by atoms with Crippen molar-refractivity contribution in [1.82, 2.24) is 39.6 Å². The van der Waals surface area contributed by atoms with Crippen LogP contribution in [0.15, 0.2) is 24.4 Å². The van der Waals surface area contributed by atoms with Gasteiger partial charge in [0.1, 0.15) is 5.69 Å². The first-order chi connectivity index (χ1) is 16.4. The Morgan fingerprint density at radius 3 is 2.79 bits per heavy atom. The predicted molar refractivity (Wildman–Crippen MR) is 130 cm³/mol. The highest BCUT2D eigenvalue weighted by molar-refractivity contribution is 6.02. The van der Waals surface area contributed by atoms with Crippen molar-refractivity contribution in [2.45, 2.75) is 46.2 Å². The molecular weight excluding hydrogens is 430 g/mol. The molecule has 10 nitrogen and oxygen atoms in total. The van der Waals surface area contributed by atoms with E-state index in [1.165, 1.54) is 19.4 Å². The van der Waals surface area contributed by atoms with E-state index in [1.807, 2.05) is 41.5 Å². The van der Waals surface area contributed by atoms with Gasteiger partial charge in [-0.2, -0.15) is 10.2 Å². The molecule has 1 aliphatic heterocycles. The second kappa shape index (κ2) is 9.02. The second-order valence-electron chi connectivity index (χ2n) is 9.26. The number of primary amides is 1. The van der Waals surface area contributed by atoms with Gasteiger partial charge in [0.25, 0.3) is 0 Å². The number of likely N-dealkylation sites (tertiary alicyclic amines) is 1. The van der Waals surface area contributed by atoms with Gasteiger partial charge < -0.3 is 15.6 Å². The number of amides is 1. The summed E-state index contributed by atoms with van der Waals surface area (Å²) in [7, 11) is 2.18. The zero-order valence-electron chi connectivity index (χ0n) is 20.0. The van der Waals surface area contributed by atoms with Gasteiger partial charge in [-0.3, -0.25) is 14.2 Å². The Bertz CT molecular complexity index is 1330. The summed E-state index contributed by atoms with van der Waals surface area (Å²) in [5.41, 5.74) is 9.53. The lowest BCUT2D eigenvalue weighted by molar-refractivity contribution is 0.100. The number of H-pyrrole nitrogens is 1. The molecular formula is C24H31N9O. The number of rotatable bonds is 7. The Kier molecular flexibility index (Phi) is 5.91. The van der Waals surface area contributed by atoms with Crippen LogP contribution in [0.25, 0.3) is 33.8 Å². The number of nitrogens with one attached hydrogen (secondary N) is 1. The van der Waals surface area contributed by atoms with E-state index in [4.69, 9.17) is 5.73 Å². The normalized spacial score (nSPS) is 17.0. The molecule has 0 radical (unpaired) electrons. The van der Waals surface area contributed by atoms with Crippen LogP contribution in [-0.4, -0.2) is 65.7 Å². The summed E-state index contributed by atoms with van der Waals surface area (Å²) in [5.74, 6) is 1.37.